The molecule has 0 unspecified atom stereocenters. The lowest BCUT2D eigenvalue weighted by atomic mass is 10.1. The van der Waals surface area contributed by atoms with Gasteiger partial charge in [-0.3, -0.25) is 4.79 Å². The lowest BCUT2D eigenvalue weighted by molar-refractivity contribution is 0.0643. The number of hydrogen-bond acceptors (Lipinski definition) is 3. The largest absolute Gasteiger partial charge is 0.377 e. The molecule has 0 aromatic heterocycles. The Balaban J connectivity index is 1.98. The Morgan fingerprint density at radius 1 is 1.20 bits per heavy atom. The van der Waals surface area contributed by atoms with Crippen LogP contribution in [0.3, 0.4) is 0 Å². The number of carbonyl (C=O) groups is 1. The van der Waals surface area contributed by atoms with Crippen LogP contribution in [0.4, 0.5) is 0 Å². The highest BCUT2D eigenvalue weighted by Gasteiger charge is 2.21. The number of rotatable bonds is 5. The van der Waals surface area contributed by atoms with Gasteiger partial charge < -0.3 is 14.5 Å². The van der Waals surface area contributed by atoms with Gasteiger partial charge in [-0.2, -0.15) is 0 Å². The summed E-state index contributed by atoms with van der Waals surface area (Å²) >= 11 is 0. The minimum absolute atomic E-state index is 0.138. The van der Waals surface area contributed by atoms with Crippen molar-refractivity contribution in [1.82, 2.24) is 9.80 Å². The zero-order chi connectivity index (χ0) is 14.4. The highest BCUT2D eigenvalue weighted by Crippen LogP contribution is 2.11. The Morgan fingerprint density at radius 3 is 2.60 bits per heavy atom. The number of benzene rings is 1. The first kappa shape index (κ1) is 15.0. The molecule has 0 aliphatic carbocycles. The van der Waals surface area contributed by atoms with Gasteiger partial charge in [0.2, 0.25) is 0 Å². The fourth-order valence-electron chi connectivity index (χ4n) is 2.46. The van der Waals surface area contributed by atoms with Gasteiger partial charge in [0.25, 0.3) is 5.91 Å². The highest BCUT2D eigenvalue weighted by atomic mass is 16.5. The lowest BCUT2D eigenvalue weighted by Gasteiger charge is -2.34. The SMILES string of the molecule is CCOCc1cccc(C(=O)N2CCN(CC)CC2)c1. The minimum Gasteiger partial charge on any atom is -0.377 e. The molecule has 1 saturated heterocycles. The predicted molar refractivity (Wildman–Crippen MR) is 79.8 cm³/mol. The summed E-state index contributed by atoms with van der Waals surface area (Å²) in [5, 5.41) is 0. The van der Waals surface area contributed by atoms with Gasteiger partial charge >= 0.3 is 0 Å². The van der Waals surface area contributed by atoms with Crippen LogP contribution in [0.25, 0.3) is 0 Å². The van der Waals surface area contributed by atoms with Gasteiger partial charge in [-0.15, -0.1) is 0 Å². The van der Waals surface area contributed by atoms with E-state index in [0.717, 1.165) is 43.9 Å². The van der Waals surface area contributed by atoms with Gasteiger partial charge in [0.05, 0.1) is 6.61 Å². The molecule has 1 amide bonds. The van der Waals surface area contributed by atoms with Crippen molar-refractivity contribution in [3.8, 4) is 0 Å². The van der Waals surface area contributed by atoms with E-state index >= 15 is 0 Å². The van der Waals surface area contributed by atoms with E-state index < -0.39 is 0 Å². The van der Waals surface area contributed by atoms with Gasteiger partial charge in [-0.1, -0.05) is 19.1 Å². The highest BCUT2D eigenvalue weighted by molar-refractivity contribution is 5.94. The monoisotopic (exact) mass is 276 g/mol. The van der Waals surface area contributed by atoms with E-state index in [-0.39, 0.29) is 5.91 Å². The number of nitrogens with zero attached hydrogens (tertiary/aromatic N) is 2. The number of piperazine rings is 1. The quantitative estimate of drug-likeness (QED) is 0.824. The number of carbonyl (C=O) groups excluding carboxylic acids is 1. The third-order valence-corrected chi connectivity index (χ3v) is 3.75. The van der Waals surface area contributed by atoms with Gasteiger partial charge in [-0.05, 0) is 31.2 Å². The van der Waals surface area contributed by atoms with E-state index in [2.05, 4.69) is 11.8 Å². The summed E-state index contributed by atoms with van der Waals surface area (Å²) in [6.45, 7) is 10.0. The molecule has 0 N–H and O–H groups in total. The normalized spacial score (nSPS) is 16.4. The van der Waals surface area contributed by atoms with Crippen LogP contribution < -0.4 is 0 Å². The molecule has 0 saturated carbocycles. The van der Waals surface area contributed by atoms with Gasteiger partial charge in [-0.25, -0.2) is 0 Å². The first-order valence-electron chi connectivity index (χ1n) is 7.43. The molecule has 1 aliphatic rings. The standard InChI is InChI=1S/C16H24N2O2/c1-3-17-8-10-18(11-9-17)16(19)15-7-5-6-14(12-15)13-20-4-2/h5-7,12H,3-4,8-11,13H2,1-2H3. The van der Waals surface area contributed by atoms with E-state index in [1.54, 1.807) is 0 Å². The maximum Gasteiger partial charge on any atom is 0.253 e. The van der Waals surface area contributed by atoms with E-state index in [0.29, 0.717) is 13.2 Å². The van der Waals surface area contributed by atoms with E-state index in [1.165, 1.54) is 0 Å². The molecule has 1 aliphatic heterocycles. The van der Waals surface area contributed by atoms with Crippen LogP contribution in [0.2, 0.25) is 0 Å². The van der Waals surface area contributed by atoms with Crippen molar-refractivity contribution in [3.05, 3.63) is 35.4 Å². The summed E-state index contributed by atoms with van der Waals surface area (Å²) < 4.78 is 5.40. The summed E-state index contributed by atoms with van der Waals surface area (Å²) in [5.41, 5.74) is 1.83. The van der Waals surface area contributed by atoms with E-state index in [9.17, 15) is 4.79 Å². The zero-order valence-corrected chi connectivity index (χ0v) is 12.5. The molecule has 0 radical (unpaired) electrons. The first-order valence-corrected chi connectivity index (χ1v) is 7.43. The fourth-order valence-corrected chi connectivity index (χ4v) is 2.46. The van der Waals surface area contributed by atoms with Crippen LogP contribution in [0.15, 0.2) is 24.3 Å². The second-order valence-corrected chi connectivity index (χ2v) is 5.06. The van der Waals surface area contributed by atoms with E-state index in [1.807, 2.05) is 36.1 Å². The number of ether oxygens (including phenoxy) is 1. The minimum atomic E-state index is 0.138. The van der Waals surface area contributed by atoms with Crippen molar-refractivity contribution in [2.75, 3.05) is 39.3 Å². The van der Waals surface area contributed by atoms with Gasteiger partial charge in [0, 0.05) is 38.3 Å². The maximum absolute atomic E-state index is 12.5. The molecule has 20 heavy (non-hydrogen) atoms. The summed E-state index contributed by atoms with van der Waals surface area (Å²) in [6.07, 6.45) is 0. The molecule has 1 aromatic rings. The topological polar surface area (TPSA) is 32.8 Å². The van der Waals surface area contributed by atoms with Crippen LogP contribution in [-0.4, -0.2) is 55.0 Å². The third-order valence-electron chi connectivity index (χ3n) is 3.75. The Bertz CT molecular complexity index is 440. The summed E-state index contributed by atoms with van der Waals surface area (Å²) in [5.74, 6) is 0.138. The predicted octanol–water partition coefficient (Wildman–Crippen LogP) is 2.00. The van der Waals surface area contributed by atoms with Crippen molar-refractivity contribution < 1.29 is 9.53 Å². The van der Waals surface area contributed by atoms with Crippen LogP contribution in [0.5, 0.6) is 0 Å². The Morgan fingerprint density at radius 2 is 1.95 bits per heavy atom. The second kappa shape index (κ2) is 7.41. The first-order chi connectivity index (χ1) is 9.74. The molecule has 4 nitrogen and oxygen atoms in total. The molecule has 0 bridgehead atoms. The van der Waals surface area contributed by atoms with Crippen molar-refractivity contribution in [2.24, 2.45) is 0 Å². The second-order valence-electron chi connectivity index (χ2n) is 5.06. The van der Waals surface area contributed by atoms with Gasteiger partial charge in [0.1, 0.15) is 0 Å². The third kappa shape index (κ3) is 3.81. The van der Waals surface area contributed by atoms with Crippen LogP contribution in [-0.2, 0) is 11.3 Å². The van der Waals surface area contributed by atoms with Crippen molar-refractivity contribution in [1.29, 1.82) is 0 Å². The summed E-state index contributed by atoms with van der Waals surface area (Å²) in [4.78, 5) is 16.8. The molecule has 0 spiro atoms. The average Bonchev–Trinajstić information content (AvgIpc) is 2.52. The average molecular weight is 276 g/mol. The molecular formula is C16H24N2O2. The Kier molecular flexibility index (Phi) is 5.56. The molecule has 1 heterocycles. The fraction of sp³-hybridized carbons (Fsp3) is 0.562. The van der Waals surface area contributed by atoms with Gasteiger partial charge in [0.15, 0.2) is 0 Å². The van der Waals surface area contributed by atoms with Crippen LogP contribution in [0.1, 0.15) is 29.8 Å². The Hall–Kier alpha value is -1.39. The molecule has 4 heteroatoms. The lowest BCUT2D eigenvalue weighted by Crippen LogP contribution is -2.48. The summed E-state index contributed by atoms with van der Waals surface area (Å²) in [7, 11) is 0. The molecule has 0 atom stereocenters. The molecule has 110 valence electrons. The Labute approximate surface area is 121 Å². The molecule has 2 rings (SSSR count). The molecular weight excluding hydrogens is 252 g/mol. The molecule has 1 aromatic carbocycles. The van der Waals surface area contributed by atoms with Crippen molar-refractivity contribution in [2.45, 2.75) is 20.5 Å². The number of amides is 1. The van der Waals surface area contributed by atoms with Crippen LogP contribution >= 0.6 is 0 Å². The van der Waals surface area contributed by atoms with E-state index in [4.69, 9.17) is 4.74 Å². The summed E-state index contributed by atoms with van der Waals surface area (Å²) in [6, 6.07) is 7.78. The van der Waals surface area contributed by atoms with Crippen molar-refractivity contribution in [3.63, 3.8) is 0 Å². The smallest absolute Gasteiger partial charge is 0.253 e. The van der Waals surface area contributed by atoms with Crippen LogP contribution in [0, 0.1) is 0 Å². The number of likely N-dealkylation sites (N-methyl/N-ethyl adjacent to an activating group) is 1. The van der Waals surface area contributed by atoms with Crippen molar-refractivity contribution >= 4 is 5.91 Å². The number of hydrogen-bond donors (Lipinski definition) is 0. The maximum atomic E-state index is 12.5. The zero-order valence-electron chi connectivity index (χ0n) is 12.5. The molecule has 1 fully saturated rings.